The van der Waals surface area contributed by atoms with Crippen LogP contribution in [0.5, 0.6) is 0 Å². The molecule has 7 rings (SSSR count). The Labute approximate surface area is 718 Å². The van der Waals surface area contributed by atoms with Crippen LogP contribution < -0.4 is 26.8 Å². The minimum absolute atomic E-state index is 0.251. The Hall–Kier alpha value is -0.880. The molecule has 0 saturated carbocycles. The van der Waals surface area contributed by atoms with Gasteiger partial charge in [-0.2, -0.15) is 0 Å². The smallest absolute Gasteiger partial charge is 0.218 e. The lowest BCUT2D eigenvalue weighted by Gasteiger charge is -2.52. The number of aliphatic hydroxyl groups excluding tert-OH is 1. The standard InChI is InChI=1S/C55H99NO59S8/c1-74-15-22-29(37(79-6)44(84-11)51(92-22)99-30-23(16-75-2)93-52(45(85-12)38(30)80-7)100-31-24(17-76-3)94-53(46(86-13)39(31)81-8)101-32-25(18-87-120(62,63)64)90-49(57)42(82-9)35(32)77-4)98-50-43(83-10)36(78-5)28(21(14-56)91-50)97-55-48(107-123(71,72)73)40(104-117-113-109-59)33(26(95-55)19-88-121(65,66)67)102-54-47(106-119-115-111-61)41(105-118-114-110-60)34(103-116-112-108-58)27(96-54)20-89-122(68,69)70/h21-55,57-61H,14-20,56H2,1-13H3,(H,62,63,64)(H,65,66,67)(H,68,69,70)(H,71,72,73)/p-8/t21?,22?,23-,24-,25?,26-,27-,28+,29+,30-,31-,32+,33-,34-,35+,36+,37+,38?,39?,40?,41?,42?,43?,44?,45?,46?,47?,48?,49-,50+,51+,52-,53-,54-,55-/m1/s1. The fourth-order valence-corrected chi connectivity index (χ4v) is 17.1. The van der Waals surface area contributed by atoms with Crippen LogP contribution in [0.3, 0.4) is 0 Å². The molecule has 68 heteroatoms. The van der Waals surface area contributed by atoms with Gasteiger partial charge in [-0.05, 0) is 0 Å². The van der Waals surface area contributed by atoms with E-state index in [0.29, 0.717) is 0 Å². The average Bonchev–Trinajstić information content (AvgIpc) is 0.760. The van der Waals surface area contributed by atoms with E-state index < -0.39 is 320 Å². The molecule has 0 aliphatic carbocycles. The van der Waals surface area contributed by atoms with Crippen molar-refractivity contribution in [2.75, 3.05) is 139 Å². The van der Waals surface area contributed by atoms with Crippen LogP contribution in [0.4, 0.5) is 0 Å². The number of aliphatic hydroxyl groups is 1. The third-order valence-corrected chi connectivity index (χ3v) is 22.4. The first-order valence-electron chi connectivity index (χ1n) is 34.9. The summed E-state index contributed by atoms with van der Waals surface area (Å²) >= 11 is -1.73. The van der Waals surface area contributed by atoms with E-state index in [2.05, 4.69) is 50.0 Å². The van der Waals surface area contributed by atoms with E-state index in [4.69, 9.17) is 150 Å². The van der Waals surface area contributed by atoms with E-state index in [9.17, 15) is 78.0 Å². The van der Waals surface area contributed by atoms with Crippen molar-refractivity contribution in [2.45, 2.75) is 215 Å². The zero-order valence-corrected chi connectivity index (χ0v) is 72.7. The molecule has 0 amide bonds. The molecule has 0 aromatic heterocycles. The van der Waals surface area contributed by atoms with Crippen molar-refractivity contribution in [1.29, 1.82) is 0 Å². The third-order valence-electron chi connectivity index (χ3n) is 19.0. The number of rotatable bonds is 56. The van der Waals surface area contributed by atoms with E-state index in [1.54, 1.807) is 0 Å². The molecule has 123 heavy (non-hydrogen) atoms. The van der Waals surface area contributed by atoms with Gasteiger partial charge < -0.3 is 173 Å². The van der Waals surface area contributed by atoms with Gasteiger partial charge in [-0.15, -0.1) is 17.3 Å². The molecule has 7 aliphatic rings. The number of nitrogens with two attached hydrogens (primary N) is 1. The Morgan fingerprint density at radius 3 is 0.780 bits per heavy atom. The summed E-state index contributed by atoms with van der Waals surface area (Å²) in [6.07, 6.45) is -59.9. The number of hydrogen-bond donors (Lipinski definition) is 2. The van der Waals surface area contributed by atoms with Crippen LogP contribution in [0.15, 0.2) is 0 Å². The summed E-state index contributed by atoms with van der Waals surface area (Å²) in [5.41, 5.74) is 6.40. The van der Waals surface area contributed by atoms with Gasteiger partial charge in [-0.25, -0.2) is 33.7 Å². The molecule has 7 heterocycles. The fourth-order valence-electron chi connectivity index (χ4n) is 14.2. The van der Waals surface area contributed by atoms with E-state index >= 15 is 0 Å². The highest BCUT2D eigenvalue weighted by atomic mass is 32.3. The van der Waals surface area contributed by atoms with Crippen molar-refractivity contribution in [3.8, 4) is 0 Å². The van der Waals surface area contributed by atoms with Gasteiger partial charge >= 0.3 is 0 Å². The number of ether oxygens (including phenoxy) is 26. The zero-order chi connectivity index (χ0) is 90.7. The third kappa shape index (κ3) is 30.6. The molecule has 7 saturated heterocycles. The van der Waals surface area contributed by atoms with Crippen molar-refractivity contribution in [3.05, 3.63) is 0 Å². The van der Waals surface area contributed by atoms with E-state index in [1.165, 1.54) is 78.2 Å². The van der Waals surface area contributed by atoms with Crippen LogP contribution in [0, 0.1) is 0 Å². The lowest BCUT2D eigenvalue weighted by molar-refractivity contribution is -0.778. The van der Waals surface area contributed by atoms with Gasteiger partial charge in [0.15, 0.2) is 106 Å². The van der Waals surface area contributed by atoms with E-state index in [-0.39, 0.29) is 32.1 Å². The summed E-state index contributed by atoms with van der Waals surface area (Å²) in [7, 11) is -6.78. The summed E-state index contributed by atoms with van der Waals surface area (Å²) in [5.74, 6) is 0. The first-order chi connectivity index (χ1) is 58.6. The van der Waals surface area contributed by atoms with Gasteiger partial charge in [0.2, 0.25) is 41.6 Å². The van der Waals surface area contributed by atoms with Crippen molar-refractivity contribution >= 4 is 90.9 Å². The van der Waals surface area contributed by atoms with Crippen molar-refractivity contribution in [1.82, 2.24) is 0 Å². The van der Waals surface area contributed by atoms with Crippen molar-refractivity contribution in [2.24, 2.45) is 5.73 Å². The van der Waals surface area contributed by atoms with Crippen LogP contribution in [-0.4, -0.2) is 411 Å². The quantitative estimate of drug-likeness (QED) is 0.0143. The molecule has 7 aliphatic heterocycles. The minimum Gasteiger partial charge on any atom is -0.726 e. The lowest BCUT2D eigenvalue weighted by Crippen LogP contribution is -2.69. The molecular formula is C55H91NO59S8-8. The summed E-state index contributed by atoms with van der Waals surface area (Å²) in [6, 6.07) is 0. The van der Waals surface area contributed by atoms with Crippen LogP contribution in [0.1, 0.15) is 0 Å². The minimum atomic E-state index is -6.21. The molecule has 726 valence electrons. The van der Waals surface area contributed by atoms with Gasteiger partial charge in [0, 0.05) is 99.0 Å². The molecule has 0 aromatic carbocycles. The Morgan fingerprint density at radius 2 is 0.504 bits per heavy atom. The Morgan fingerprint density at radius 1 is 0.276 bits per heavy atom. The highest BCUT2D eigenvalue weighted by molar-refractivity contribution is 7.90. The molecular weight excluding hydrogens is 1880 g/mol. The predicted molar refractivity (Wildman–Crippen MR) is 365 cm³/mol. The summed E-state index contributed by atoms with van der Waals surface area (Å²) in [4.78, 5) is 0. The number of methoxy groups -OCH3 is 13. The lowest BCUT2D eigenvalue weighted by atomic mass is 9.94. The molecule has 0 aromatic rings. The first-order valence-corrected chi connectivity index (χ1v) is 42.9. The summed E-state index contributed by atoms with van der Waals surface area (Å²) < 4.78 is 363. The van der Waals surface area contributed by atoms with Gasteiger partial charge in [0.05, 0.1) is 39.6 Å². The molecule has 14 unspecified atom stereocenters. The van der Waals surface area contributed by atoms with Crippen LogP contribution >= 0.6 is 49.3 Å². The van der Waals surface area contributed by atoms with E-state index in [0.717, 1.165) is 14.2 Å². The number of hydrogen-bond acceptors (Lipinski definition) is 64. The molecule has 0 bridgehead atoms. The van der Waals surface area contributed by atoms with Gasteiger partial charge in [-0.3, -0.25) is 53.6 Å². The molecule has 0 spiro atoms. The normalized spacial score (nSPS) is 38.8. The SMILES string of the molecule is COCC1O[C@@H](O[C@H]2C(OC)C(OC)[C@@H](O[C@H]3C(OC)C(OC)[C@@H](O[C@H]4C(COS(=O)(=O)[O-])O[C@@H](O)C(OC)[C@H]4OC)O[C@@H]3COC)O[C@@H]2COC)C(OC)[C@@H](OC)[C@H]1O[C@@H]1OC(CN)[C@H](O[C@H]2O[C@H](COS(=O)(=O)[O-])[C@@H](O[C@H]3O[C@H](COS(=O)(=O)[O-])[C@@H](OSOO[O-])C(OSOO[O-])C3OSOO[O-])C(OSOO[O-])C2OS(=O)(=O)[O-])[C@H](OC)C1OC. The van der Waals surface area contributed by atoms with Crippen LogP contribution in [-0.2, 0) is 236 Å². The second-order valence-electron chi connectivity index (χ2n) is 25.6. The predicted octanol–water partition coefficient (Wildman–Crippen LogP) is -10.6. The summed E-state index contributed by atoms with van der Waals surface area (Å²) in [5, 5.41) is 68.0. The maximum atomic E-state index is 13.0. The monoisotopic (exact) mass is 1970 g/mol. The van der Waals surface area contributed by atoms with Gasteiger partial charge in [0.1, 0.15) is 159 Å². The molecule has 60 nitrogen and oxygen atoms in total. The largest absolute Gasteiger partial charge is 0.726 e. The topological polar surface area (TPSA) is 755 Å². The molecule has 7 fully saturated rings. The second kappa shape index (κ2) is 53.3. The molecule has 3 N–H and O–H groups in total. The van der Waals surface area contributed by atoms with Crippen LogP contribution in [0.25, 0.3) is 0 Å². The van der Waals surface area contributed by atoms with Crippen LogP contribution in [0.2, 0.25) is 0 Å². The average molecular weight is 1970 g/mol. The maximum absolute atomic E-state index is 13.0. The zero-order valence-electron chi connectivity index (χ0n) is 66.1. The van der Waals surface area contributed by atoms with Crippen molar-refractivity contribution in [3.63, 3.8) is 0 Å². The highest BCUT2D eigenvalue weighted by Gasteiger charge is 2.62. The molecule has 0 radical (unpaired) electrons. The highest BCUT2D eigenvalue weighted by Crippen LogP contribution is 2.44. The maximum Gasteiger partial charge on any atom is 0.218 e. The Kier molecular flexibility index (Phi) is 47.3. The van der Waals surface area contributed by atoms with Gasteiger partial charge in [0.25, 0.3) is 0 Å². The second-order valence-corrected chi connectivity index (χ2v) is 31.7. The Bertz CT molecular complexity index is 3450. The summed E-state index contributed by atoms with van der Waals surface area (Å²) in [6.45, 7) is -5.64. The van der Waals surface area contributed by atoms with E-state index in [1.807, 2.05) is 0 Å². The van der Waals surface area contributed by atoms with Crippen molar-refractivity contribution < 1.29 is 272 Å². The fraction of sp³-hybridized carbons (Fsp3) is 1.00. The first kappa shape index (κ1) is 109. The molecule has 35 atom stereocenters. The Balaban J connectivity index is 1.19. The van der Waals surface area contributed by atoms with Gasteiger partial charge in [-0.1, -0.05) is 0 Å².